The van der Waals surface area contributed by atoms with E-state index in [0.717, 1.165) is 41.1 Å². The first-order valence-corrected chi connectivity index (χ1v) is 16.3. The van der Waals surface area contributed by atoms with Crippen molar-refractivity contribution in [2.45, 2.75) is 70.0 Å². The van der Waals surface area contributed by atoms with Gasteiger partial charge in [0.15, 0.2) is 0 Å². The van der Waals surface area contributed by atoms with Crippen molar-refractivity contribution in [3.05, 3.63) is 92.4 Å². The summed E-state index contributed by atoms with van der Waals surface area (Å²) in [6.45, 7) is 4.76. The lowest BCUT2D eigenvalue weighted by atomic mass is 10.1. The van der Waals surface area contributed by atoms with Crippen molar-refractivity contribution in [1.29, 1.82) is 0 Å². The number of carbonyl (C=O) groups is 2. The molecule has 1 unspecified atom stereocenters. The average molecular weight is 651 g/mol. The Morgan fingerprint density at radius 1 is 0.905 bits per heavy atom. The second-order valence-corrected chi connectivity index (χ2v) is 13.8. The maximum Gasteiger partial charge on any atom is 0.264 e. The van der Waals surface area contributed by atoms with E-state index >= 15 is 0 Å². The van der Waals surface area contributed by atoms with E-state index in [4.69, 9.17) is 34.8 Å². The highest BCUT2D eigenvalue weighted by atomic mass is 35.5. The molecule has 224 valence electrons. The zero-order valence-electron chi connectivity index (χ0n) is 23.7. The van der Waals surface area contributed by atoms with Gasteiger partial charge in [0, 0.05) is 17.6 Å². The number of nitrogens with one attached hydrogen (secondary N) is 1. The lowest BCUT2D eigenvalue weighted by Gasteiger charge is -2.32. The number of carbonyl (C=O) groups excluding carboxylic acids is 2. The van der Waals surface area contributed by atoms with E-state index in [9.17, 15) is 18.0 Å². The van der Waals surface area contributed by atoms with Crippen LogP contribution < -0.4 is 9.62 Å². The Morgan fingerprint density at radius 3 is 2.19 bits per heavy atom. The maximum atomic E-state index is 14.1. The molecule has 0 spiro atoms. The van der Waals surface area contributed by atoms with Crippen LogP contribution in [0.25, 0.3) is 0 Å². The van der Waals surface area contributed by atoms with Gasteiger partial charge < -0.3 is 10.2 Å². The fraction of sp³-hybridized carbons (Fsp3) is 0.355. The summed E-state index contributed by atoms with van der Waals surface area (Å²) in [5.74, 6) is -0.871. The quantitative estimate of drug-likeness (QED) is 0.258. The molecular weight excluding hydrogens is 617 g/mol. The Hall–Kier alpha value is -2.78. The van der Waals surface area contributed by atoms with Crippen LogP contribution in [0.15, 0.2) is 65.6 Å². The number of hydrogen-bond acceptors (Lipinski definition) is 4. The van der Waals surface area contributed by atoms with Crippen LogP contribution in [0.3, 0.4) is 0 Å². The number of rotatable bonds is 10. The largest absolute Gasteiger partial charge is 0.352 e. The van der Waals surface area contributed by atoms with Gasteiger partial charge in [-0.15, -0.1) is 0 Å². The van der Waals surface area contributed by atoms with Gasteiger partial charge in [-0.2, -0.15) is 0 Å². The topological polar surface area (TPSA) is 86.8 Å². The molecule has 1 atom stereocenters. The molecule has 1 aliphatic carbocycles. The normalized spacial score (nSPS) is 14.4. The predicted molar refractivity (Wildman–Crippen MR) is 169 cm³/mol. The molecule has 0 aromatic heterocycles. The molecule has 4 rings (SSSR count). The fourth-order valence-electron chi connectivity index (χ4n) is 4.91. The molecule has 0 aliphatic heterocycles. The Balaban J connectivity index is 1.71. The molecule has 0 saturated heterocycles. The Bertz CT molecular complexity index is 1560. The van der Waals surface area contributed by atoms with E-state index < -0.39 is 28.5 Å². The van der Waals surface area contributed by atoms with Gasteiger partial charge in [0.25, 0.3) is 10.0 Å². The summed E-state index contributed by atoms with van der Waals surface area (Å²) < 4.78 is 29.0. The van der Waals surface area contributed by atoms with Crippen molar-refractivity contribution in [3.8, 4) is 0 Å². The number of amides is 2. The minimum Gasteiger partial charge on any atom is -0.352 e. The van der Waals surface area contributed by atoms with E-state index in [1.807, 2.05) is 6.92 Å². The van der Waals surface area contributed by atoms with Crippen LogP contribution >= 0.6 is 34.8 Å². The maximum absolute atomic E-state index is 14.1. The fourth-order valence-corrected chi connectivity index (χ4v) is 6.81. The van der Waals surface area contributed by atoms with Crippen molar-refractivity contribution in [1.82, 2.24) is 10.2 Å². The second-order valence-electron chi connectivity index (χ2n) is 10.7. The zero-order chi connectivity index (χ0) is 30.6. The van der Waals surface area contributed by atoms with Crippen LogP contribution in [0.2, 0.25) is 15.1 Å². The Morgan fingerprint density at radius 2 is 1.57 bits per heavy atom. The van der Waals surface area contributed by atoms with Gasteiger partial charge in [-0.3, -0.25) is 13.9 Å². The van der Waals surface area contributed by atoms with E-state index in [1.54, 1.807) is 56.3 Å². The third-order valence-corrected chi connectivity index (χ3v) is 10.5. The van der Waals surface area contributed by atoms with Gasteiger partial charge >= 0.3 is 0 Å². The third kappa shape index (κ3) is 7.59. The summed E-state index contributed by atoms with van der Waals surface area (Å²) in [6, 6.07) is 15.4. The van der Waals surface area contributed by atoms with Crippen LogP contribution in [0.4, 0.5) is 5.69 Å². The number of anilines is 1. The molecular formula is C31H34Cl3N3O4S. The van der Waals surface area contributed by atoms with E-state index in [2.05, 4.69) is 5.32 Å². The van der Waals surface area contributed by atoms with Crippen LogP contribution in [0.1, 0.15) is 49.3 Å². The smallest absolute Gasteiger partial charge is 0.264 e. The molecule has 1 N–H and O–H groups in total. The monoisotopic (exact) mass is 649 g/mol. The van der Waals surface area contributed by atoms with Crippen LogP contribution in [0, 0.1) is 13.8 Å². The molecule has 1 fully saturated rings. The lowest BCUT2D eigenvalue weighted by Crippen LogP contribution is -2.52. The minimum atomic E-state index is -4.19. The molecule has 1 saturated carbocycles. The molecule has 42 heavy (non-hydrogen) atoms. The van der Waals surface area contributed by atoms with Crippen LogP contribution in [-0.4, -0.2) is 43.8 Å². The number of nitrogens with zero attached hydrogens (tertiary/aromatic N) is 2. The van der Waals surface area contributed by atoms with Crippen molar-refractivity contribution in [3.63, 3.8) is 0 Å². The zero-order valence-corrected chi connectivity index (χ0v) is 26.8. The molecule has 2 amide bonds. The number of sulfonamides is 1. The highest BCUT2D eigenvalue weighted by Gasteiger charge is 2.33. The van der Waals surface area contributed by atoms with Crippen molar-refractivity contribution in [2.75, 3.05) is 10.8 Å². The van der Waals surface area contributed by atoms with Gasteiger partial charge in [-0.05, 0) is 81.1 Å². The van der Waals surface area contributed by atoms with Crippen LogP contribution in [-0.2, 0) is 26.2 Å². The first kappa shape index (κ1) is 32.1. The highest BCUT2D eigenvalue weighted by Crippen LogP contribution is 2.29. The van der Waals surface area contributed by atoms with Crippen molar-refractivity contribution >= 4 is 62.3 Å². The Kier molecular flexibility index (Phi) is 10.5. The van der Waals surface area contributed by atoms with Crippen LogP contribution in [0.5, 0.6) is 0 Å². The first-order valence-electron chi connectivity index (χ1n) is 13.8. The molecule has 0 heterocycles. The summed E-state index contributed by atoms with van der Waals surface area (Å²) in [5.41, 5.74) is 2.53. The number of halogens is 3. The molecule has 3 aromatic rings. The van der Waals surface area contributed by atoms with Crippen molar-refractivity contribution in [2.24, 2.45) is 0 Å². The van der Waals surface area contributed by atoms with Gasteiger partial charge in [-0.1, -0.05) is 77.5 Å². The molecule has 0 radical (unpaired) electrons. The van der Waals surface area contributed by atoms with Crippen molar-refractivity contribution < 1.29 is 18.0 Å². The Labute approximate surface area is 262 Å². The van der Waals surface area contributed by atoms with E-state index in [-0.39, 0.29) is 29.1 Å². The summed E-state index contributed by atoms with van der Waals surface area (Å²) in [4.78, 5) is 28.8. The number of benzene rings is 3. The summed E-state index contributed by atoms with van der Waals surface area (Å²) >= 11 is 18.7. The van der Waals surface area contributed by atoms with Gasteiger partial charge in [0.1, 0.15) is 12.6 Å². The lowest BCUT2D eigenvalue weighted by molar-refractivity contribution is -0.139. The SMILES string of the molecule is Cc1ccc(S(=O)(=O)N(CC(=O)N(Cc2ccc(Cl)c(Cl)c2)C(C)C(=O)NC2CCCC2)c2ccc(C)c(Cl)c2)cc1. The second kappa shape index (κ2) is 13.7. The number of hydrogen-bond donors (Lipinski definition) is 1. The van der Waals surface area contributed by atoms with E-state index in [0.29, 0.717) is 20.6 Å². The molecule has 3 aromatic carbocycles. The highest BCUT2D eigenvalue weighted by molar-refractivity contribution is 7.92. The average Bonchev–Trinajstić information content (AvgIpc) is 3.46. The third-order valence-electron chi connectivity index (χ3n) is 7.54. The van der Waals surface area contributed by atoms with Gasteiger partial charge in [0.05, 0.1) is 20.6 Å². The molecule has 1 aliphatic rings. The number of aryl methyl sites for hydroxylation is 2. The molecule has 7 nitrogen and oxygen atoms in total. The summed E-state index contributed by atoms with van der Waals surface area (Å²) in [5, 5.41) is 4.08. The summed E-state index contributed by atoms with van der Waals surface area (Å²) in [7, 11) is -4.19. The molecule has 0 bridgehead atoms. The minimum absolute atomic E-state index is 0.0159. The predicted octanol–water partition coefficient (Wildman–Crippen LogP) is 6.94. The van der Waals surface area contributed by atoms with E-state index in [1.165, 1.54) is 23.1 Å². The van der Waals surface area contributed by atoms with Gasteiger partial charge in [-0.25, -0.2) is 8.42 Å². The molecule has 11 heteroatoms. The van der Waals surface area contributed by atoms with Gasteiger partial charge in [0.2, 0.25) is 11.8 Å². The summed E-state index contributed by atoms with van der Waals surface area (Å²) in [6.07, 6.45) is 3.85. The first-order chi connectivity index (χ1) is 19.9. The standard InChI is InChI=1S/C31H34Cl3N3O4S/c1-20-8-13-26(14-9-20)42(40,41)37(25-12-10-21(2)28(33)17-25)19-30(38)36(18-23-11-15-27(32)29(34)16-23)22(3)31(39)35-24-6-4-5-7-24/h8-17,22,24H,4-7,18-19H2,1-3H3,(H,35,39).